The summed E-state index contributed by atoms with van der Waals surface area (Å²) in [4.78, 5) is 19.2. The van der Waals surface area contributed by atoms with E-state index in [0.717, 1.165) is 11.3 Å². The normalized spacial score (nSPS) is 9.90. The van der Waals surface area contributed by atoms with Crippen LogP contribution in [-0.2, 0) is 11.3 Å². The van der Waals surface area contributed by atoms with Crippen molar-refractivity contribution >= 4 is 5.97 Å². The van der Waals surface area contributed by atoms with Crippen LogP contribution in [0.5, 0.6) is 11.6 Å². The number of carbonyl (C=O) groups excluding carboxylic acids is 1. The SMILES string of the molecule is COC(=O)c1cncc(OCc2ccc(OC)cc2)n1. The van der Waals surface area contributed by atoms with Gasteiger partial charge in [-0.1, -0.05) is 12.1 Å². The van der Waals surface area contributed by atoms with E-state index in [2.05, 4.69) is 14.7 Å². The van der Waals surface area contributed by atoms with Crippen LogP contribution in [0.2, 0.25) is 0 Å². The molecule has 2 rings (SSSR count). The van der Waals surface area contributed by atoms with E-state index in [1.54, 1.807) is 7.11 Å². The molecule has 0 aliphatic heterocycles. The van der Waals surface area contributed by atoms with Gasteiger partial charge in [-0.2, -0.15) is 0 Å². The van der Waals surface area contributed by atoms with E-state index < -0.39 is 5.97 Å². The summed E-state index contributed by atoms with van der Waals surface area (Å²) in [5.74, 6) is 0.498. The second kappa shape index (κ2) is 6.51. The van der Waals surface area contributed by atoms with Crippen LogP contribution in [-0.4, -0.2) is 30.2 Å². The highest BCUT2D eigenvalue weighted by Gasteiger charge is 2.09. The van der Waals surface area contributed by atoms with Crippen LogP contribution in [0.3, 0.4) is 0 Å². The fourth-order valence-corrected chi connectivity index (χ4v) is 1.50. The number of hydrogen-bond donors (Lipinski definition) is 0. The summed E-state index contributed by atoms with van der Waals surface area (Å²) in [6.45, 7) is 0.323. The van der Waals surface area contributed by atoms with E-state index in [1.165, 1.54) is 19.5 Å². The Balaban J connectivity index is 2.01. The van der Waals surface area contributed by atoms with Gasteiger partial charge in [0.25, 0.3) is 0 Å². The average Bonchev–Trinajstić information content (AvgIpc) is 2.53. The average molecular weight is 274 g/mol. The molecule has 0 spiro atoms. The van der Waals surface area contributed by atoms with Gasteiger partial charge in [0.15, 0.2) is 5.69 Å². The van der Waals surface area contributed by atoms with Gasteiger partial charge in [-0.3, -0.25) is 4.98 Å². The molecule has 1 aromatic carbocycles. The Morgan fingerprint density at radius 3 is 2.55 bits per heavy atom. The third-order valence-corrected chi connectivity index (χ3v) is 2.55. The Morgan fingerprint density at radius 1 is 1.15 bits per heavy atom. The van der Waals surface area contributed by atoms with Gasteiger partial charge in [0.2, 0.25) is 5.88 Å². The number of ether oxygens (including phenoxy) is 3. The first-order valence-corrected chi connectivity index (χ1v) is 5.89. The predicted octanol–water partition coefficient (Wildman–Crippen LogP) is 1.85. The van der Waals surface area contributed by atoms with Crippen molar-refractivity contribution in [3.8, 4) is 11.6 Å². The monoisotopic (exact) mass is 274 g/mol. The minimum atomic E-state index is -0.549. The topological polar surface area (TPSA) is 70.5 Å². The minimum Gasteiger partial charge on any atom is -0.497 e. The zero-order chi connectivity index (χ0) is 14.4. The Labute approximate surface area is 116 Å². The van der Waals surface area contributed by atoms with Crippen molar-refractivity contribution in [2.75, 3.05) is 14.2 Å². The molecule has 6 nitrogen and oxygen atoms in total. The minimum absolute atomic E-state index is 0.111. The van der Waals surface area contributed by atoms with Crippen LogP contribution < -0.4 is 9.47 Å². The van der Waals surface area contributed by atoms with Gasteiger partial charge >= 0.3 is 5.97 Å². The van der Waals surface area contributed by atoms with Gasteiger partial charge in [0.1, 0.15) is 12.4 Å². The Kier molecular flexibility index (Phi) is 4.49. The lowest BCUT2D eigenvalue weighted by atomic mass is 10.2. The van der Waals surface area contributed by atoms with Crippen molar-refractivity contribution in [3.63, 3.8) is 0 Å². The zero-order valence-corrected chi connectivity index (χ0v) is 11.2. The summed E-state index contributed by atoms with van der Waals surface area (Å²) >= 11 is 0. The first-order valence-electron chi connectivity index (χ1n) is 5.89. The molecule has 0 N–H and O–H groups in total. The summed E-state index contributed by atoms with van der Waals surface area (Å²) in [5.41, 5.74) is 1.07. The summed E-state index contributed by atoms with van der Waals surface area (Å²) < 4.78 is 15.1. The van der Waals surface area contributed by atoms with Crippen molar-refractivity contribution in [1.29, 1.82) is 0 Å². The van der Waals surface area contributed by atoms with E-state index in [0.29, 0.717) is 6.61 Å². The number of methoxy groups -OCH3 is 2. The molecule has 0 saturated heterocycles. The molecule has 1 aromatic heterocycles. The zero-order valence-electron chi connectivity index (χ0n) is 11.2. The van der Waals surface area contributed by atoms with Crippen LogP contribution in [0.15, 0.2) is 36.7 Å². The number of carbonyl (C=O) groups is 1. The van der Waals surface area contributed by atoms with Crippen molar-refractivity contribution in [2.45, 2.75) is 6.61 Å². The van der Waals surface area contributed by atoms with Crippen molar-refractivity contribution in [1.82, 2.24) is 9.97 Å². The molecule has 0 bridgehead atoms. The molecule has 0 atom stereocenters. The summed E-state index contributed by atoms with van der Waals surface area (Å²) in [5, 5.41) is 0. The molecule has 0 radical (unpaired) electrons. The number of hydrogen-bond acceptors (Lipinski definition) is 6. The molecular formula is C14H14N2O4. The fraction of sp³-hybridized carbons (Fsp3) is 0.214. The standard InChI is InChI=1S/C14H14N2O4/c1-18-11-5-3-10(4-6-11)9-20-13-8-15-7-12(16-13)14(17)19-2/h3-8H,9H2,1-2H3. The highest BCUT2D eigenvalue weighted by atomic mass is 16.5. The maximum absolute atomic E-state index is 11.3. The van der Waals surface area contributed by atoms with Crippen molar-refractivity contribution in [3.05, 3.63) is 47.9 Å². The molecule has 0 amide bonds. The van der Waals surface area contributed by atoms with E-state index in [-0.39, 0.29) is 11.6 Å². The molecule has 0 unspecified atom stereocenters. The second-order valence-corrected chi connectivity index (χ2v) is 3.87. The summed E-state index contributed by atoms with van der Waals surface area (Å²) in [7, 11) is 2.90. The van der Waals surface area contributed by atoms with Crippen LogP contribution in [0, 0.1) is 0 Å². The number of nitrogens with zero attached hydrogens (tertiary/aromatic N) is 2. The van der Waals surface area contributed by atoms with Gasteiger partial charge in [-0.15, -0.1) is 0 Å². The molecule has 0 aliphatic carbocycles. The van der Waals surface area contributed by atoms with E-state index in [9.17, 15) is 4.79 Å². The first kappa shape index (κ1) is 13.8. The third-order valence-electron chi connectivity index (χ3n) is 2.55. The largest absolute Gasteiger partial charge is 0.497 e. The molecule has 20 heavy (non-hydrogen) atoms. The number of esters is 1. The van der Waals surface area contributed by atoms with E-state index >= 15 is 0 Å². The fourth-order valence-electron chi connectivity index (χ4n) is 1.50. The van der Waals surface area contributed by atoms with Crippen molar-refractivity contribution in [2.24, 2.45) is 0 Å². The van der Waals surface area contributed by atoms with Crippen molar-refractivity contribution < 1.29 is 19.0 Å². The molecule has 0 fully saturated rings. The van der Waals surface area contributed by atoms with Gasteiger partial charge in [0, 0.05) is 0 Å². The van der Waals surface area contributed by atoms with E-state index in [1.807, 2.05) is 24.3 Å². The van der Waals surface area contributed by atoms with Gasteiger partial charge in [-0.25, -0.2) is 9.78 Å². The highest BCUT2D eigenvalue weighted by Crippen LogP contribution is 2.13. The molecule has 104 valence electrons. The lowest BCUT2D eigenvalue weighted by molar-refractivity contribution is 0.0592. The van der Waals surface area contributed by atoms with E-state index in [4.69, 9.17) is 9.47 Å². The lowest BCUT2D eigenvalue weighted by Gasteiger charge is -2.06. The summed E-state index contributed by atoms with van der Waals surface area (Å²) in [6, 6.07) is 7.46. The summed E-state index contributed by atoms with van der Waals surface area (Å²) in [6.07, 6.45) is 2.77. The number of aromatic nitrogens is 2. The Bertz CT molecular complexity index is 584. The van der Waals surface area contributed by atoms with Crippen LogP contribution in [0.25, 0.3) is 0 Å². The van der Waals surface area contributed by atoms with Gasteiger partial charge in [-0.05, 0) is 17.7 Å². The maximum Gasteiger partial charge on any atom is 0.358 e. The molecule has 1 heterocycles. The Hall–Kier alpha value is -2.63. The first-order chi connectivity index (χ1) is 9.72. The lowest BCUT2D eigenvalue weighted by Crippen LogP contribution is -2.06. The predicted molar refractivity (Wildman–Crippen MR) is 70.7 cm³/mol. The highest BCUT2D eigenvalue weighted by molar-refractivity contribution is 5.86. The number of rotatable bonds is 5. The smallest absolute Gasteiger partial charge is 0.358 e. The number of benzene rings is 1. The third kappa shape index (κ3) is 3.44. The Morgan fingerprint density at radius 2 is 1.90 bits per heavy atom. The maximum atomic E-state index is 11.3. The van der Waals surface area contributed by atoms with Crippen LogP contribution in [0.4, 0.5) is 0 Å². The molecule has 0 saturated carbocycles. The van der Waals surface area contributed by atoms with Gasteiger partial charge < -0.3 is 14.2 Å². The molecule has 6 heteroatoms. The molecule has 2 aromatic rings. The van der Waals surface area contributed by atoms with Crippen LogP contribution >= 0.6 is 0 Å². The second-order valence-electron chi connectivity index (χ2n) is 3.87. The van der Waals surface area contributed by atoms with Gasteiger partial charge in [0.05, 0.1) is 26.6 Å². The molecular weight excluding hydrogens is 260 g/mol. The van der Waals surface area contributed by atoms with Crippen LogP contribution in [0.1, 0.15) is 16.1 Å². The molecule has 0 aliphatic rings. The quantitative estimate of drug-likeness (QED) is 0.775.